The Balaban J connectivity index is 1.54. The smallest absolute Gasteiger partial charge is 0.233 e. The lowest BCUT2D eigenvalue weighted by molar-refractivity contribution is 0.0933. The van der Waals surface area contributed by atoms with E-state index in [1.54, 1.807) is 0 Å². The Hall–Kier alpha value is -0.940. The van der Waals surface area contributed by atoms with Crippen LogP contribution in [0.3, 0.4) is 0 Å². The summed E-state index contributed by atoms with van der Waals surface area (Å²) in [6.45, 7) is 10.2. The van der Waals surface area contributed by atoms with Crippen molar-refractivity contribution in [3.05, 3.63) is 11.8 Å². The van der Waals surface area contributed by atoms with E-state index in [9.17, 15) is 0 Å². The molecule has 0 N–H and O–H groups in total. The second-order valence-electron chi connectivity index (χ2n) is 7.05. The van der Waals surface area contributed by atoms with Crippen molar-refractivity contribution in [1.82, 2.24) is 20.0 Å². The quantitative estimate of drug-likeness (QED) is 0.855. The molecule has 0 unspecified atom stereocenters. The summed E-state index contributed by atoms with van der Waals surface area (Å²) < 4.78 is 5.63. The monoisotopic (exact) mass is 306 g/mol. The van der Waals surface area contributed by atoms with Crippen molar-refractivity contribution in [3.8, 4) is 0 Å². The first-order chi connectivity index (χ1) is 10.7. The molecule has 0 radical (unpaired) electrons. The molecule has 0 bridgehead atoms. The van der Waals surface area contributed by atoms with Gasteiger partial charge in [-0.05, 0) is 58.2 Å². The predicted octanol–water partition coefficient (Wildman–Crippen LogP) is 3.03. The predicted molar refractivity (Wildman–Crippen MR) is 86.7 cm³/mol. The summed E-state index contributed by atoms with van der Waals surface area (Å²) in [5.74, 6) is 2.23. The molecule has 22 heavy (non-hydrogen) atoms. The molecule has 3 heterocycles. The van der Waals surface area contributed by atoms with E-state index in [-0.39, 0.29) is 6.04 Å². The van der Waals surface area contributed by atoms with Crippen molar-refractivity contribution >= 4 is 0 Å². The van der Waals surface area contributed by atoms with Gasteiger partial charge in [-0.3, -0.25) is 4.90 Å². The second-order valence-corrected chi connectivity index (χ2v) is 7.05. The number of piperidine rings is 1. The summed E-state index contributed by atoms with van der Waals surface area (Å²) in [7, 11) is 0. The average Bonchev–Trinajstić information content (AvgIpc) is 2.80. The van der Waals surface area contributed by atoms with Gasteiger partial charge >= 0.3 is 0 Å². The molecular formula is C17H30N4O. The number of hydrogen-bond acceptors (Lipinski definition) is 5. The fourth-order valence-electron chi connectivity index (χ4n) is 3.92. The Bertz CT molecular complexity index is 453. The molecule has 0 aliphatic carbocycles. The SMILES string of the molecule is Cc1nnc([C@@H](C)N2CCC[C@@H](CN3CCCCCC3)C2)o1. The lowest BCUT2D eigenvalue weighted by Crippen LogP contribution is -2.42. The van der Waals surface area contributed by atoms with E-state index in [0.29, 0.717) is 5.89 Å². The van der Waals surface area contributed by atoms with Crippen LogP contribution >= 0.6 is 0 Å². The molecule has 124 valence electrons. The van der Waals surface area contributed by atoms with Crippen LogP contribution in [0.4, 0.5) is 0 Å². The van der Waals surface area contributed by atoms with Gasteiger partial charge in [0.15, 0.2) is 0 Å². The Morgan fingerprint density at radius 1 is 1.09 bits per heavy atom. The molecule has 2 atom stereocenters. The van der Waals surface area contributed by atoms with Crippen molar-refractivity contribution in [2.75, 3.05) is 32.7 Å². The second kappa shape index (κ2) is 7.55. The van der Waals surface area contributed by atoms with Gasteiger partial charge < -0.3 is 9.32 Å². The van der Waals surface area contributed by atoms with Gasteiger partial charge in [-0.2, -0.15) is 0 Å². The third kappa shape index (κ3) is 4.07. The Labute approximate surface area is 134 Å². The number of aryl methyl sites for hydroxylation is 1. The maximum Gasteiger partial charge on any atom is 0.233 e. The van der Waals surface area contributed by atoms with Crippen LogP contribution < -0.4 is 0 Å². The van der Waals surface area contributed by atoms with Gasteiger partial charge in [0.1, 0.15) is 0 Å². The topological polar surface area (TPSA) is 45.4 Å². The van der Waals surface area contributed by atoms with Crippen LogP contribution in [0.5, 0.6) is 0 Å². The molecule has 0 aromatic carbocycles. The minimum Gasteiger partial charge on any atom is -0.424 e. The molecule has 2 aliphatic heterocycles. The van der Waals surface area contributed by atoms with Gasteiger partial charge in [-0.1, -0.05) is 12.8 Å². The van der Waals surface area contributed by atoms with Crippen molar-refractivity contribution < 1.29 is 4.42 Å². The van der Waals surface area contributed by atoms with Gasteiger partial charge in [0.2, 0.25) is 11.8 Å². The van der Waals surface area contributed by atoms with E-state index in [4.69, 9.17) is 4.42 Å². The normalized spacial score (nSPS) is 26.7. The highest BCUT2D eigenvalue weighted by Gasteiger charge is 2.28. The highest BCUT2D eigenvalue weighted by molar-refractivity contribution is 4.90. The van der Waals surface area contributed by atoms with Gasteiger partial charge in [0, 0.05) is 20.0 Å². The van der Waals surface area contributed by atoms with E-state index in [1.807, 2.05) is 6.92 Å². The van der Waals surface area contributed by atoms with Crippen LogP contribution in [0.2, 0.25) is 0 Å². The van der Waals surface area contributed by atoms with E-state index >= 15 is 0 Å². The minimum atomic E-state index is 0.244. The zero-order chi connectivity index (χ0) is 15.4. The van der Waals surface area contributed by atoms with Gasteiger partial charge in [0.25, 0.3) is 0 Å². The van der Waals surface area contributed by atoms with E-state index in [1.165, 1.54) is 64.7 Å². The maximum atomic E-state index is 5.63. The highest BCUT2D eigenvalue weighted by atomic mass is 16.4. The van der Waals surface area contributed by atoms with Gasteiger partial charge in [0.05, 0.1) is 6.04 Å². The molecule has 5 heteroatoms. The Morgan fingerprint density at radius 2 is 1.86 bits per heavy atom. The minimum absolute atomic E-state index is 0.244. The third-order valence-corrected chi connectivity index (χ3v) is 5.21. The number of rotatable bonds is 4. The molecule has 1 aromatic rings. The Kier molecular flexibility index (Phi) is 5.47. The average molecular weight is 306 g/mol. The molecule has 3 rings (SSSR count). The fourth-order valence-corrected chi connectivity index (χ4v) is 3.92. The van der Waals surface area contributed by atoms with Crippen LogP contribution in [-0.2, 0) is 0 Å². The molecule has 2 saturated heterocycles. The summed E-state index contributed by atoms with van der Waals surface area (Å²) in [6, 6.07) is 0.244. The maximum absolute atomic E-state index is 5.63. The van der Waals surface area contributed by atoms with Crippen LogP contribution in [0, 0.1) is 12.8 Å². The highest BCUT2D eigenvalue weighted by Crippen LogP contribution is 2.27. The number of hydrogen-bond donors (Lipinski definition) is 0. The largest absolute Gasteiger partial charge is 0.424 e. The molecular weight excluding hydrogens is 276 g/mol. The lowest BCUT2D eigenvalue weighted by Gasteiger charge is -2.37. The number of nitrogens with zero attached hydrogens (tertiary/aromatic N) is 4. The summed E-state index contributed by atoms with van der Waals surface area (Å²) >= 11 is 0. The molecule has 2 aliphatic rings. The van der Waals surface area contributed by atoms with Crippen molar-refractivity contribution in [1.29, 1.82) is 0 Å². The van der Waals surface area contributed by atoms with Crippen LogP contribution in [0.25, 0.3) is 0 Å². The first kappa shape index (κ1) is 15.9. The van der Waals surface area contributed by atoms with E-state index < -0.39 is 0 Å². The summed E-state index contributed by atoms with van der Waals surface area (Å²) in [6.07, 6.45) is 8.25. The summed E-state index contributed by atoms with van der Waals surface area (Å²) in [5.41, 5.74) is 0. The van der Waals surface area contributed by atoms with Crippen LogP contribution in [0.1, 0.15) is 63.3 Å². The van der Waals surface area contributed by atoms with E-state index in [2.05, 4.69) is 26.9 Å². The molecule has 0 spiro atoms. The van der Waals surface area contributed by atoms with Crippen molar-refractivity contribution in [2.45, 2.75) is 58.4 Å². The summed E-state index contributed by atoms with van der Waals surface area (Å²) in [4.78, 5) is 5.22. The summed E-state index contributed by atoms with van der Waals surface area (Å²) in [5, 5.41) is 8.18. The fraction of sp³-hybridized carbons (Fsp3) is 0.882. The van der Waals surface area contributed by atoms with Crippen molar-refractivity contribution in [3.63, 3.8) is 0 Å². The first-order valence-corrected chi connectivity index (χ1v) is 8.99. The molecule has 5 nitrogen and oxygen atoms in total. The molecule has 0 amide bonds. The molecule has 0 saturated carbocycles. The Morgan fingerprint density at radius 3 is 2.55 bits per heavy atom. The zero-order valence-corrected chi connectivity index (χ0v) is 14.1. The van der Waals surface area contributed by atoms with Gasteiger partial charge in [-0.25, -0.2) is 0 Å². The number of aromatic nitrogens is 2. The van der Waals surface area contributed by atoms with Gasteiger partial charge in [-0.15, -0.1) is 10.2 Å². The third-order valence-electron chi connectivity index (χ3n) is 5.21. The number of likely N-dealkylation sites (tertiary alicyclic amines) is 2. The first-order valence-electron chi connectivity index (χ1n) is 8.99. The molecule has 2 fully saturated rings. The zero-order valence-electron chi connectivity index (χ0n) is 14.1. The molecule has 1 aromatic heterocycles. The lowest BCUT2D eigenvalue weighted by atomic mass is 9.96. The van der Waals surface area contributed by atoms with Crippen LogP contribution in [-0.4, -0.2) is 52.7 Å². The van der Waals surface area contributed by atoms with E-state index in [0.717, 1.165) is 18.4 Å². The van der Waals surface area contributed by atoms with Crippen molar-refractivity contribution in [2.24, 2.45) is 5.92 Å². The standard InChI is InChI=1S/C17H30N4O/c1-14(17-19-18-15(2)22-17)21-11-7-8-16(13-21)12-20-9-5-3-4-6-10-20/h14,16H,3-13H2,1-2H3/t14-,16+/m1/s1. The van der Waals surface area contributed by atoms with Crippen LogP contribution in [0.15, 0.2) is 4.42 Å².